The molecule has 0 saturated heterocycles. The Balaban J connectivity index is 2.41. The lowest BCUT2D eigenvalue weighted by Gasteiger charge is -2.09. The van der Waals surface area contributed by atoms with Gasteiger partial charge >= 0.3 is 0 Å². The van der Waals surface area contributed by atoms with E-state index in [0.29, 0.717) is 22.9 Å². The van der Waals surface area contributed by atoms with E-state index in [1.165, 1.54) is 16.3 Å². The molecule has 3 aromatic rings. The molecule has 7 heteroatoms. The van der Waals surface area contributed by atoms with Gasteiger partial charge in [0, 0.05) is 6.54 Å². The number of allylic oxidation sites excluding steroid dienone is 1. The molecule has 0 saturated carbocycles. The minimum atomic E-state index is -0.258. The van der Waals surface area contributed by atoms with Crippen LogP contribution in [0.3, 0.4) is 0 Å². The largest absolute Gasteiger partial charge is 0.272 e. The van der Waals surface area contributed by atoms with Crippen LogP contribution >= 0.6 is 11.8 Å². The molecule has 0 aliphatic carbocycles. The fourth-order valence-electron chi connectivity index (χ4n) is 2.29. The van der Waals surface area contributed by atoms with Crippen molar-refractivity contribution in [3.63, 3.8) is 0 Å². The third-order valence-electron chi connectivity index (χ3n) is 3.25. The Kier molecular flexibility index (Phi) is 3.69. The minimum Gasteiger partial charge on any atom is -0.272 e. The smallest absolute Gasteiger partial charge is 0.263 e. The molecule has 3 rings (SSSR count). The van der Waals surface area contributed by atoms with Crippen LogP contribution < -0.4 is 5.56 Å². The molecule has 0 radical (unpaired) electrons. The monoisotopic (exact) mass is 311 g/mol. The zero-order valence-corrected chi connectivity index (χ0v) is 12.7. The Hall–Kier alpha value is -2.59. The van der Waals surface area contributed by atoms with Crippen LogP contribution in [-0.4, -0.2) is 24.4 Å². The normalized spacial score (nSPS) is 12.4. The molecule has 6 nitrogen and oxygen atoms in total. The molecule has 0 fully saturated rings. The SMILES string of the molecule is C=CCn1c(=O)c2ccccc2n2c(S[C@@H](C)C#N)nnc12. The van der Waals surface area contributed by atoms with Crippen molar-refractivity contribution < 1.29 is 0 Å². The Labute approximate surface area is 130 Å². The molecule has 110 valence electrons. The Morgan fingerprint density at radius 1 is 1.45 bits per heavy atom. The molecule has 1 aromatic carbocycles. The molecule has 0 unspecified atom stereocenters. The first-order chi connectivity index (χ1) is 10.7. The molecule has 0 N–H and O–H groups in total. The summed E-state index contributed by atoms with van der Waals surface area (Å²) in [6.45, 7) is 5.84. The first kappa shape index (κ1) is 14.4. The van der Waals surface area contributed by atoms with E-state index in [1.807, 2.05) is 22.6 Å². The standard InChI is InChI=1S/C15H13N5OS/c1-3-8-19-13(21)11-6-4-5-7-12(11)20-14(19)17-18-15(20)22-10(2)9-16/h3-7,10H,1,8H2,2H3/t10-/m0/s1. The second-order valence-corrected chi connectivity index (χ2v) is 6.04. The van der Waals surface area contributed by atoms with E-state index < -0.39 is 0 Å². The number of benzene rings is 1. The first-order valence-electron chi connectivity index (χ1n) is 6.71. The molecule has 2 heterocycles. The van der Waals surface area contributed by atoms with Gasteiger partial charge in [0.25, 0.3) is 5.56 Å². The lowest BCUT2D eigenvalue weighted by molar-refractivity contribution is 0.783. The summed E-state index contributed by atoms with van der Waals surface area (Å²) in [4.78, 5) is 12.6. The number of aromatic nitrogens is 4. The zero-order chi connectivity index (χ0) is 15.7. The highest BCUT2D eigenvalue weighted by molar-refractivity contribution is 8.00. The molecule has 2 aromatic heterocycles. The van der Waals surface area contributed by atoms with Gasteiger partial charge in [0.05, 0.1) is 22.2 Å². The van der Waals surface area contributed by atoms with Gasteiger partial charge < -0.3 is 0 Å². The van der Waals surface area contributed by atoms with Crippen molar-refractivity contribution in [1.82, 2.24) is 19.2 Å². The summed E-state index contributed by atoms with van der Waals surface area (Å²) >= 11 is 1.31. The summed E-state index contributed by atoms with van der Waals surface area (Å²) in [7, 11) is 0. The van der Waals surface area contributed by atoms with Gasteiger partial charge in [-0.25, -0.2) is 0 Å². The van der Waals surface area contributed by atoms with Crippen molar-refractivity contribution in [2.24, 2.45) is 0 Å². The fourth-order valence-corrected chi connectivity index (χ4v) is 3.03. The van der Waals surface area contributed by atoms with Crippen molar-refractivity contribution in [3.8, 4) is 6.07 Å². The van der Waals surface area contributed by atoms with Gasteiger partial charge in [-0.05, 0) is 19.1 Å². The number of rotatable bonds is 4. The summed E-state index contributed by atoms with van der Waals surface area (Å²) in [6, 6.07) is 9.48. The topological polar surface area (TPSA) is 76.0 Å². The Morgan fingerprint density at radius 2 is 2.23 bits per heavy atom. The van der Waals surface area contributed by atoms with E-state index in [9.17, 15) is 4.79 Å². The molecule has 0 amide bonds. The summed E-state index contributed by atoms with van der Waals surface area (Å²) in [5.74, 6) is 0.455. The fraction of sp³-hybridized carbons (Fsp3) is 0.200. The number of nitriles is 1. The number of nitrogens with zero attached hydrogens (tertiary/aromatic N) is 5. The van der Waals surface area contributed by atoms with Crippen LogP contribution in [-0.2, 0) is 6.54 Å². The van der Waals surface area contributed by atoms with Gasteiger partial charge in [0.2, 0.25) is 5.78 Å². The summed E-state index contributed by atoms with van der Waals surface area (Å²) < 4.78 is 3.35. The van der Waals surface area contributed by atoms with Gasteiger partial charge in [-0.2, -0.15) is 5.26 Å². The summed E-state index contributed by atoms with van der Waals surface area (Å²) in [5.41, 5.74) is 0.612. The van der Waals surface area contributed by atoms with Crippen molar-refractivity contribution in [3.05, 3.63) is 47.3 Å². The second-order valence-electron chi connectivity index (χ2n) is 4.73. The van der Waals surface area contributed by atoms with Crippen LogP contribution in [0.2, 0.25) is 0 Å². The Morgan fingerprint density at radius 3 is 2.95 bits per heavy atom. The Bertz CT molecular complexity index is 966. The van der Waals surface area contributed by atoms with Crippen LogP contribution in [0, 0.1) is 11.3 Å². The van der Waals surface area contributed by atoms with E-state index in [2.05, 4.69) is 22.8 Å². The highest BCUT2D eigenvalue weighted by atomic mass is 32.2. The number of hydrogen-bond donors (Lipinski definition) is 0. The van der Waals surface area contributed by atoms with E-state index in [-0.39, 0.29) is 10.8 Å². The van der Waals surface area contributed by atoms with Crippen LogP contribution in [0.1, 0.15) is 6.92 Å². The second kappa shape index (κ2) is 5.66. The predicted molar refractivity (Wildman–Crippen MR) is 85.9 cm³/mol. The maximum absolute atomic E-state index is 12.6. The molecule has 1 atom stereocenters. The van der Waals surface area contributed by atoms with E-state index in [4.69, 9.17) is 5.26 Å². The summed E-state index contributed by atoms with van der Waals surface area (Å²) in [5, 5.41) is 18.2. The highest BCUT2D eigenvalue weighted by Gasteiger charge is 2.17. The molecule has 0 aliphatic rings. The lowest BCUT2D eigenvalue weighted by atomic mass is 10.2. The van der Waals surface area contributed by atoms with Gasteiger partial charge in [0.15, 0.2) is 5.16 Å². The molecule has 0 aliphatic heterocycles. The highest BCUT2D eigenvalue weighted by Crippen LogP contribution is 2.24. The number of hydrogen-bond acceptors (Lipinski definition) is 5. The van der Waals surface area contributed by atoms with E-state index >= 15 is 0 Å². The first-order valence-corrected chi connectivity index (χ1v) is 7.59. The van der Waals surface area contributed by atoms with Crippen LogP contribution in [0.4, 0.5) is 0 Å². The average Bonchev–Trinajstić information content (AvgIpc) is 2.95. The number of para-hydroxylation sites is 1. The van der Waals surface area contributed by atoms with Crippen LogP contribution in [0.15, 0.2) is 46.9 Å². The predicted octanol–water partition coefficient (Wildman–Crippen LogP) is 2.23. The lowest BCUT2D eigenvalue weighted by Crippen LogP contribution is -2.22. The van der Waals surface area contributed by atoms with Gasteiger partial charge in [0.1, 0.15) is 0 Å². The molecule has 0 bridgehead atoms. The zero-order valence-electron chi connectivity index (χ0n) is 11.9. The van der Waals surface area contributed by atoms with Crippen molar-refractivity contribution >= 4 is 28.4 Å². The van der Waals surface area contributed by atoms with E-state index in [0.717, 1.165) is 5.52 Å². The third kappa shape index (κ3) is 2.18. The minimum absolute atomic E-state index is 0.125. The molecular formula is C15H13N5OS. The van der Waals surface area contributed by atoms with Gasteiger partial charge in [-0.3, -0.25) is 13.8 Å². The van der Waals surface area contributed by atoms with Crippen molar-refractivity contribution in [1.29, 1.82) is 5.26 Å². The van der Waals surface area contributed by atoms with E-state index in [1.54, 1.807) is 19.1 Å². The van der Waals surface area contributed by atoms with Crippen LogP contribution in [0.25, 0.3) is 16.7 Å². The van der Waals surface area contributed by atoms with Crippen molar-refractivity contribution in [2.75, 3.05) is 0 Å². The third-order valence-corrected chi connectivity index (χ3v) is 4.19. The molecule has 0 spiro atoms. The quantitative estimate of drug-likeness (QED) is 0.545. The number of fused-ring (bicyclic) bond motifs is 3. The van der Waals surface area contributed by atoms with Crippen molar-refractivity contribution in [2.45, 2.75) is 23.9 Å². The molecule has 22 heavy (non-hydrogen) atoms. The number of thioether (sulfide) groups is 1. The maximum Gasteiger partial charge on any atom is 0.263 e. The molecular weight excluding hydrogens is 298 g/mol. The average molecular weight is 311 g/mol. The van der Waals surface area contributed by atoms with Gasteiger partial charge in [-0.1, -0.05) is 30.0 Å². The summed E-state index contributed by atoms with van der Waals surface area (Å²) in [6.07, 6.45) is 1.65. The van der Waals surface area contributed by atoms with Gasteiger partial charge in [-0.15, -0.1) is 16.8 Å². The van der Waals surface area contributed by atoms with Crippen LogP contribution in [0.5, 0.6) is 0 Å². The maximum atomic E-state index is 12.6.